The second-order valence-electron chi connectivity index (χ2n) is 7.07. The molecule has 1 aliphatic carbocycles. The second kappa shape index (κ2) is 7.48. The number of amides is 2. The first-order valence-electron chi connectivity index (χ1n) is 8.98. The molecule has 0 aromatic rings. The van der Waals surface area contributed by atoms with Crippen molar-refractivity contribution in [3.63, 3.8) is 0 Å². The van der Waals surface area contributed by atoms with Gasteiger partial charge in [0.2, 0.25) is 0 Å². The molecule has 0 spiro atoms. The number of hydrogen-bond acceptors (Lipinski definition) is 2. The molecular formula is C17H30N2O2. The van der Waals surface area contributed by atoms with Crippen molar-refractivity contribution in [3.05, 3.63) is 0 Å². The van der Waals surface area contributed by atoms with Gasteiger partial charge in [0, 0.05) is 31.8 Å². The molecule has 2 saturated heterocycles. The number of hydrogen-bond donors (Lipinski definition) is 1. The van der Waals surface area contributed by atoms with Gasteiger partial charge in [0.25, 0.3) is 0 Å². The van der Waals surface area contributed by atoms with Gasteiger partial charge in [-0.15, -0.1) is 0 Å². The Morgan fingerprint density at radius 1 is 1.00 bits per heavy atom. The third kappa shape index (κ3) is 4.12. The van der Waals surface area contributed by atoms with Crippen LogP contribution in [0.5, 0.6) is 0 Å². The van der Waals surface area contributed by atoms with Crippen LogP contribution in [0.1, 0.15) is 64.2 Å². The average molecular weight is 294 g/mol. The number of ether oxygens (including phenoxy) is 1. The van der Waals surface area contributed by atoms with Crippen molar-refractivity contribution < 1.29 is 9.53 Å². The van der Waals surface area contributed by atoms with E-state index in [1.54, 1.807) is 0 Å². The van der Waals surface area contributed by atoms with Gasteiger partial charge in [-0.3, -0.25) is 0 Å². The minimum absolute atomic E-state index is 0.181. The van der Waals surface area contributed by atoms with Crippen LogP contribution in [-0.2, 0) is 4.74 Å². The van der Waals surface area contributed by atoms with Crippen LogP contribution in [0.2, 0.25) is 0 Å². The van der Waals surface area contributed by atoms with Gasteiger partial charge in [0.15, 0.2) is 0 Å². The average Bonchev–Trinajstić information content (AvgIpc) is 2.97. The smallest absolute Gasteiger partial charge is 0.317 e. The quantitative estimate of drug-likeness (QED) is 0.867. The highest BCUT2D eigenvalue weighted by molar-refractivity contribution is 5.75. The van der Waals surface area contributed by atoms with Gasteiger partial charge in [0.05, 0.1) is 0 Å². The molecule has 0 aromatic carbocycles. The fourth-order valence-corrected chi connectivity index (χ4v) is 4.26. The number of nitrogens with zero attached hydrogens (tertiary/aromatic N) is 1. The molecule has 120 valence electrons. The van der Waals surface area contributed by atoms with Gasteiger partial charge in [0.1, 0.15) is 0 Å². The molecule has 2 amide bonds. The molecule has 1 N–H and O–H groups in total. The lowest BCUT2D eigenvalue weighted by atomic mass is 9.84. The van der Waals surface area contributed by atoms with Crippen LogP contribution in [0.3, 0.4) is 0 Å². The van der Waals surface area contributed by atoms with Gasteiger partial charge < -0.3 is 15.0 Å². The van der Waals surface area contributed by atoms with Crippen molar-refractivity contribution >= 4 is 6.03 Å². The highest BCUT2D eigenvalue weighted by Gasteiger charge is 2.32. The van der Waals surface area contributed by atoms with E-state index in [9.17, 15) is 4.79 Å². The monoisotopic (exact) mass is 294 g/mol. The first kappa shape index (κ1) is 15.1. The Morgan fingerprint density at radius 2 is 1.76 bits per heavy atom. The number of nitrogens with one attached hydrogen (secondary N) is 1. The second-order valence-corrected chi connectivity index (χ2v) is 7.07. The fraction of sp³-hybridized carbons (Fsp3) is 0.941. The summed E-state index contributed by atoms with van der Waals surface area (Å²) < 4.78 is 5.36. The summed E-state index contributed by atoms with van der Waals surface area (Å²) >= 11 is 0. The maximum absolute atomic E-state index is 12.5. The predicted octanol–water partition coefficient (Wildman–Crippen LogP) is 3.31. The molecule has 1 atom stereocenters. The topological polar surface area (TPSA) is 41.6 Å². The molecular weight excluding hydrogens is 264 g/mol. The van der Waals surface area contributed by atoms with E-state index in [0.717, 1.165) is 38.5 Å². The summed E-state index contributed by atoms with van der Waals surface area (Å²) in [6, 6.07) is 0.996. The van der Waals surface area contributed by atoms with Crippen molar-refractivity contribution in [1.29, 1.82) is 0 Å². The third-order valence-corrected chi connectivity index (χ3v) is 5.52. The van der Waals surface area contributed by atoms with Crippen LogP contribution >= 0.6 is 0 Å². The zero-order valence-electron chi connectivity index (χ0n) is 13.2. The molecule has 1 unspecified atom stereocenters. The first-order chi connectivity index (χ1) is 10.3. The van der Waals surface area contributed by atoms with Crippen LogP contribution in [-0.4, -0.2) is 42.8 Å². The zero-order chi connectivity index (χ0) is 14.5. The Kier molecular flexibility index (Phi) is 5.39. The standard InChI is InChI=1S/C17H30N2O2/c20-17(18-15-8-11-21-12-9-15)19-10-4-7-16(19)13-14-5-2-1-3-6-14/h14-16H,1-13H2,(H,18,20). The van der Waals surface area contributed by atoms with Gasteiger partial charge in [-0.05, 0) is 38.0 Å². The Balaban J connectivity index is 1.49. The van der Waals surface area contributed by atoms with Crippen LogP contribution in [0.4, 0.5) is 4.79 Å². The van der Waals surface area contributed by atoms with E-state index in [1.165, 1.54) is 51.4 Å². The van der Waals surface area contributed by atoms with Crippen molar-refractivity contribution in [2.45, 2.75) is 76.3 Å². The molecule has 1 saturated carbocycles. The molecule has 4 nitrogen and oxygen atoms in total. The molecule has 21 heavy (non-hydrogen) atoms. The molecule has 0 aromatic heterocycles. The minimum atomic E-state index is 0.181. The van der Waals surface area contributed by atoms with E-state index >= 15 is 0 Å². The normalized spacial score (nSPS) is 28.8. The Labute approximate surface area is 128 Å². The number of carbonyl (C=O) groups excluding carboxylic acids is 1. The van der Waals surface area contributed by atoms with Gasteiger partial charge in [-0.2, -0.15) is 0 Å². The summed E-state index contributed by atoms with van der Waals surface area (Å²) in [6.07, 6.45) is 12.5. The van der Waals surface area contributed by atoms with E-state index < -0.39 is 0 Å². The molecule has 0 radical (unpaired) electrons. The van der Waals surface area contributed by atoms with Gasteiger partial charge >= 0.3 is 6.03 Å². The first-order valence-corrected chi connectivity index (χ1v) is 8.98. The highest BCUT2D eigenvalue weighted by Crippen LogP contribution is 2.32. The molecule has 0 bridgehead atoms. The van der Waals surface area contributed by atoms with Crippen LogP contribution in [0.25, 0.3) is 0 Å². The molecule has 3 fully saturated rings. The lowest BCUT2D eigenvalue weighted by molar-refractivity contribution is 0.0774. The molecule has 2 aliphatic heterocycles. The lowest BCUT2D eigenvalue weighted by Crippen LogP contribution is -2.48. The van der Waals surface area contributed by atoms with E-state index in [-0.39, 0.29) is 6.03 Å². The zero-order valence-corrected chi connectivity index (χ0v) is 13.2. The molecule has 2 heterocycles. The fourth-order valence-electron chi connectivity index (χ4n) is 4.26. The van der Waals surface area contributed by atoms with Gasteiger partial charge in [-0.1, -0.05) is 32.1 Å². The number of carbonyl (C=O) groups is 1. The molecule has 3 aliphatic rings. The van der Waals surface area contributed by atoms with Crippen molar-refractivity contribution in [1.82, 2.24) is 10.2 Å². The number of rotatable bonds is 3. The minimum Gasteiger partial charge on any atom is -0.381 e. The van der Waals surface area contributed by atoms with Crippen molar-refractivity contribution in [3.8, 4) is 0 Å². The maximum Gasteiger partial charge on any atom is 0.317 e. The van der Waals surface area contributed by atoms with Crippen LogP contribution < -0.4 is 5.32 Å². The van der Waals surface area contributed by atoms with E-state index in [2.05, 4.69) is 10.2 Å². The summed E-state index contributed by atoms with van der Waals surface area (Å²) in [5, 5.41) is 3.24. The van der Waals surface area contributed by atoms with E-state index in [4.69, 9.17) is 4.74 Å². The van der Waals surface area contributed by atoms with E-state index in [1.807, 2.05) is 0 Å². The Morgan fingerprint density at radius 3 is 2.52 bits per heavy atom. The molecule has 4 heteroatoms. The number of urea groups is 1. The van der Waals surface area contributed by atoms with Crippen molar-refractivity contribution in [2.75, 3.05) is 19.8 Å². The summed E-state index contributed by atoms with van der Waals surface area (Å²) in [5.41, 5.74) is 0. The maximum atomic E-state index is 12.5. The highest BCUT2D eigenvalue weighted by atomic mass is 16.5. The van der Waals surface area contributed by atoms with Gasteiger partial charge in [-0.25, -0.2) is 4.79 Å². The summed E-state index contributed by atoms with van der Waals surface area (Å²) in [5.74, 6) is 0.861. The number of likely N-dealkylation sites (tertiary alicyclic amines) is 1. The predicted molar refractivity (Wildman–Crippen MR) is 83.3 cm³/mol. The Hall–Kier alpha value is -0.770. The lowest BCUT2D eigenvalue weighted by Gasteiger charge is -2.32. The molecule has 3 rings (SSSR count). The van der Waals surface area contributed by atoms with Crippen molar-refractivity contribution in [2.24, 2.45) is 5.92 Å². The largest absolute Gasteiger partial charge is 0.381 e. The van der Waals surface area contributed by atoms with E-state index in [0.29, 0.717) is 12.1 Å². The Bertz CT molecular complexity index is 336. The summed E-state index contributed by atoms with van der Waals surface area (Å²) in [6.45, 7) is 2.53. The van der Waals surface area contributed by atoms with Crippen LogP contribution in [0.15, 0.2) is 0 Å². The SMILES string of the molecule is O=C(NC1CCOCC1)N1CCCC1CC1CCCCC1. The van der Waals surface area contributed by atoms with Crippen LogP contribution in [0, 0.1) is 5.92 Å². The third-order valence-electron chi connectivity index (χ3n) is 5.52. The summed E-state index contributed by atoms with van der Waals surface area (Å²) in [7, 11) is 0. The summed E-state index contributed by atoms with van der Waals surface area (Å²) in [4.78, 5) is 14.7.